The van der Waals surface area contributed by atoms with Gasteiger partial charge in [0.1, 0.15) is 5.75 Å². The predicted molar refractivity (Wildman–Crippen MR) is 74.0 cm³/mol. The Balaban J connectivity index is 1.59. The molecule has 1 aromatic carbocycles. The molecule has 1 aliphatic carbocycles. The third-order valence-corrected chi connectivity index (χ3v) is 4.05. The van der Waals surface area contributed by atoms with Crippen molar-refractivity contribution >= 4 is 11.8 Å². The number of thioether (sulfide) groups is 1. The Morgan fingerprint density at radius 3 is 2.88 bits per heavy atom. The van der Waals surface area contributed by atoms with E-state index in [2.05, 4.69) is 17.4 Å². The Labute approximate surface area is 108 Å². The van der Waals surface area contributed by atoms with Gasteiger partial charge in [-0.1, -0.05) is 12.1 Å². The first-order valence-electron chi connectivity index (χ1n) is 6.39. The van der Waals surface area contributed by atoms with Crippen molar-refractivity contribution in [2.24, 2.45) is 0 Å². The van der Waals surface area contributed by atoms with E-state index in [4.69, 9.17) is 4.74 Å². The van der Waals surface area contributed by atoms with Crippen LogP contribution in [-0.4, -0.2) is 25.4 Å². The monoisotopic (exact) mass is 251 g/mol. The van der Waals surface area contributed by atoms with Crippen LogP contribution in [0.2, 0.25) is 0 Å². The van der Waals surface area contributed by atoms with Gasteiger partial charge in [-0.3, -0.25) is 0 Å². The molecular formula is C14H21NOS. The number of para-hydroxylation sites is 1. The van der Waals surface area contributed by atoms with Gasteiger partial charge in [0.25, 0.3) is 0 Å². The fraction of sp³-hybridized carbons (Fsp3) is 0.571. The molecule has 1 saturated carbocycles. The van der Waals surface area contributed by atoms with Crippen LogP contribution in [0, 0.1) is 0 Å². The van der Waals surface area contributed by atoms with Crippen molar-refractivity contribution < 1.29 is 4.74 Å². The van der Waals surface area contributed by atoms with Crippen LogP contribution in [0.25, 0.3) is 0 Å². The molecule has 2 rings (SSSR count). The molecule has 94 valence electrons. The summed E-state index contributed by atoms with van der Waals surface area (Å²) in [6.45, 7) is 1.18. The summed E-state index contributed by atoms with van der Waals surface area (Å²) < 4.78 is 5.33. The number of unbranched alkanes of at least 4 members (excludes halogenated alkanes) is 1. The topological polar surface area (TPSA) is 21.3 Å². The molecule has 0 aliphatic heterocycles. The minimum absolute atomic E-state index is 0.844. The highest BCUT2D eigenvalue weighted by atomic mass is 32.2. The quantitative estimate of drug-likeness (QED) is 0.566. The summed E-state index contributed by atoms with van der Waals surface area (Å²) in [5, 5.41) is 3.54. The van der Waals surface area contributed by atoms with Gasteiger partial charge < -0.3 is 10.1 Å². The molecule has 0 atom stereocenters. The maximum atomic E-state index is 5.33. The highest BCUT2D eigenvalue weighted by molar-refractivity contribution is 7.99. The van der Waals surface area contributed by atoms with Crippen molar-refractivity contribution in [2.45, 2.75) is 36.6 Å². The van der Waals surface area contributed by atoms with E-state index in [0.29, 0.717) is 0 Å². The normalized spacial score (nSPS) is 14.9. The summed E-state index contributed by atoms with van der Waals surface area (Å²) >= 11 is 1.89. The van der Waals surface area contributed by atoms with Gasteiger partial charge in [0, 0.05) is 10.9 Å². The van der Waals surface area contributed by atoms with E-state index in [1.807, 2.05) is 23.9 Å². The summed E-state index contributed by atoms with van der Waals surface area (Å²) in [5.41, 5.74) is 0. The van der Waals surface area contributed by atoms with Crippen molar-refractivity contribution in [2.75, 3.05) is 19.4 Å². The van der Waals surface area contributed by atoms with Gasteiger partial charge in [0.15, 0.2) is 0 Å². The van der Waals surface area contributed by atoms with Gasteiger partial charge >= 0.3 is 0 Å². The molecule has 0 spiro atoms. The highest BCUT2D eigenvalue weighted by Crippen LogP contribution is 2.29. The van der Waals surface area contributed by atoms with Gasteiger partial charge in [0.05, 0.1) is 7.11 Å². The summed E-state index contributed by atoms with van der Waals surface area (Å²) in [4.78, 5) is 1.25. The number of hydrogen-bond acceptors (Lipinski definition) is 3. The fourth-order valence-electron chi connectivity index (χ4n) is 1.74. The molecular weight excluding hydrogens is 230 g/mol. The van der Waals surface area contributed by atoms with Crippen LogP contribution in [0.15, 0.2) is 29.2 Å². The second kappa shape index (κ2) is 6.92. The highest BCUT2D eigenvalue weighted by Gasteiger charge is 2.19. The lowest BCUT2D eigenvalue weighted by Crippen LogP contribution is -2.17. The lowest BCUT2D eigenvalue weighted by atomic mass is 10.3. The van der Waals surface area contributed by atoms with Gasteiger partial charge in [-0.05, 0) is 50.1 Å². The maximum Gasteiger partial charge on any atom is 0.132 e. The van der Waals surface area contributed by atoms with Crippen molar-refractivity contribution in [3.63, 3.8) is 0 Å². The molecule has 3 heteroatoms. The van der Waals surface area contributed by atoms with Gasteiger partial charge in [-0.2, -0.15) is 0 Å². The number of nitrogens with one attached hydrogen (secondary N) is 1. The Morgan fingerprint density at radius 1 is 1.29 bits per heavy atom. The molecule has 1 N–H and O–H groups in total. The lowest BCUT2D eigenvalue weighted by molar-refractivity contribution is 0.405. The zero-order chi connectivity index (χ0) is 11.9. The predicted octanol–water partition coefficient (Wildman–Crippen LogP) is 3.32. The first-order chi connectivity index (χ1) is 8.40. The number of benzene rings is 1. The minimum atomic E-state index is 0.844. The van der Waals surface area contributed by atoms with Gasteiger partial charge in [-0.15, -0.1) is 11.8 Å². The molecule has 0 saturated heterocycles. The largest absolute Gasteiger partial charge is 0.496 e. The van der Waals surface area contributed by atoms with Crippen molar-refractivity contribution in [3.05, 3.63) is 24.3 Å². The van der Waals surface area contributed by atoms with E-state index < -0.39 is 0 Å². The zero-order valence-corrected chi connectivity index (χ0v) is 11.3. The third-order valence-electron chi connectivity index (χ3n) is 2.91. The molecule has 0 bridgehead atoms. The van der Waals surface area contributed by atoms with Crippen LogP contribution in [0.1, 0.15) is 25.7 Å². The van der Waals surface area contributed by atoms with Crippen LogP contribution in [-0.2, 0) is 0 Å². The fourth-order valence-corrected chi connectivity index (χ4v) is 2.78. The van der Waals surface area contributed by atoms with E-state index in [1.165, 1.54) is 42.9 Å². The maximum absolute atomic E-state index is 5.33. The van der Waals surface area contributed by atoms with E-state index in [-0.39, 0.29) is 0 Å². The molecule has 0 heterocycles. The molecule has 2 nitrogen and oxygen atoms in total. The summed E-state index contributed by atoms with van der Waals surface area (Å²) in [6.07, 6.45) is 5.31. The van der Waals surface area contributed by atoms with Crippen LogP contribution < -0.4 is 10.1 Å². The Bertz CT molecular complexity index is 339. The molecule has 0 radical (unpaired) electrons. The number of hydrogen-bond donors (Lipinski definition) is 1. The smallest absolute Gasteiger partial charge is 0.132 e. The first-order valence-corrected chi connectivity index (χ1v) is 7.38. The Morgan fingerprint density at radius 2 is 2.12 bits per heavy atom. The molecule has 0 aromatic heterocycles. The summed E-state index contributed by atoms with van der Waals surface area (Å²) in [6, 6.07) is 9.09. The second-order valence-electron chi connectivity index (χ2n) is 4.43. The van der Waals surface area contributed by atoms with Crippen molar-refractivity contribution in [3.8, 4) is 5.75 Å². The van der Waals surface area contributed by atoms with Crippen molar-refractivity contribution in [1.82, 2.24) is 5.32 Å². The van der Waals surface area contributed by atoms with Crippen LogP contribution in [0.3, 0.4) is 0 Å². The molecule has 17 heavy (non-hydrogen) atoms. The Kier molecular flexibility index (Phi) is 5.20. The van der Waals surface area contributed by atoms with Crippen LogP contribution in [0.4, 0.5) is 0 Å². The molecule has 0 amide bonds. The van der Waals surface area contributed by atoms with Crippen LogP contribution >= 0.6 is 11.8 Å². The molecule has 1 fully saturated rings. The van der Waals surface area contributed by atoms with E-state index in [9.17, 15) is 0 Å². The zero-order valence-electron chi connectivity index (χ0n) is 10.4. The minimum Gasteiger partial charge on any atom is -0.496 e. The summed E-state index contributed by atoms with van der Waals surface area (Å²) in [7, 11) is 1.74. The SMILES string of the molecule is COc1ccccc1SCCCCNC1CC1. The third kappa shape index (κ3) is 4.60. The number of ether oxygens (including phenoxy) is 1. The summed E-state index contributed by atoms with van der Waals surface area (Å²) in [5.74, 6) is 2.17. The first kappa shape index (κ1) is 12.8. The van der Waals surface area contributed by atoms with Crippen LogP contribution in [0.5, 0.6) is 5.75 Å². The molecule has 1 aromatic rings. The van der Waals surface area contributed by atoms with E-state index >= 15 is 0 Å². The molecule has 1 aliphatic rings. The van der Waals surface area contributed by atoms with Crippen molar-refractivity contribution in [1.29, 1.82) is 0 Å². The average Bonchev–Trinajstić information content (AvgIpc) is 3.18. The van der Waals surface area contributed by atoms with Gasteiger partial charge in [0.2, 0.25) is 0 Å². The van der Waals surface area contributed by atoms with E-state index in [0.717, 1.165) is 11.8 Å². The lowest BCUT2D eigenvalue weighted by Gasteiger charge is -2.07. The number of methoxy groups -OCH3 is 1. The second-order valence-corrected chi connectivity index (χ2v) is 5.57. The molecule has 0 unspecified atom stereocenters. The van der Waals surface area contributed by atoms with E-state index in [1.54, 1.807) is 7.11 Å². The van der Waals surface area contributed by atoms with Gasteiger partial charge in [-0.25, -0.2) is 0 Å². The Hall–Kier alpha value is -0.670. The number of rotatable bonds is 8. The standard InChI is InChI=1S/C14H21NOS/c1-16-13-6-2-3-7-14(13)17-11-5-4-10-15-12-8-9-12/h2-3,6-7,12,15H,4-5,8-11H2,1H3. The average molecular weight is 251 g/mol.